The molecule has 0 unspecified atom stereocenters. The summed E-state index contributed by atoms with van der Waals surface area (Å²) in [6.45, 7) is 0.550. The molecular formula is C17H19NO3. The monoisotopic (exact) mass is 285 g/mol. The lowest BCUT2D eigenvalue weighted by molar-refractivity contribution is 0.0951. The molecule has 110 valence electrons. The van der Waals surface area contributed by atoms with Crippen molar-refractivity contribution in [1.82, 2.24) is 5.32 Å². The summed E-state index contributed by atoms with van der Waals surface area (Å²) in [5.41, 5.74) is 2.62. The van der Waals surface area contributed by atoms with E-state index in [2.05, 4.69) is 5.32 Å². The van der Waals surface area contributed by atoms with Crippen molar-refractivity contribution in [3.63, 3.8) is 0 Å². The van der Waals surface area contributed by atoms with Crippen LogP contribution in [-0.2, 0) is 0 Å². The minimum atomic E-state index is -0.126. The number of methoxy groups -OCH3 is 1. The van der Waals surface area contributed by atoms with Crippen LogP contribution in [0.4, 0.5) is 0 Å². The van der Waals surface area contributed by atoms with Crippen molar-refractivity contribution < 1.29 is 14.6 Å². The van der Waals surface area contributed by atoms with Gasteiger partial charge in [0.25, 0.3) is 5.91 Å². The molecule has 1 amide bonds. The Hall–Kier alpha value is -2.33. The van der Waals surface area contributed by atoms with Crippen LogP contribution >= 0.6 is 0 Å². The number of hydrogen-bond acceptors (Lipinski definition) is 3. The van der Waals surface area contributed by atoms with Crippen molar-refractivity contribution in [2.45, 2.75) is 6.42 Å². The molecule has 0 aromatic heterocycles. The van der Waals surface area contributed by atoms with Gasteiger partial charge in [-0.25, -0.2) is 0 Å². The Bertz CT molecular complexity index is 593. The molecule has 0 fully saturated rings. The molecule has 4 heteroatoms. The number of rotatable bonds is 6. The fourth-order valence-electron chi connectivity index (χ4n) is 2.01. The first kappa shape index (κ1) is 15.1. The number of ether oxygens (including phenoxy) is 1. The first-order valence-electron chi connectivity index (χ1n) is 6.88. The van der Waals surface area contributed by atoms with Crippen molar-refractivity contribution in [3.8, 4) is 16.9 Å². The molecule has 0 radical (unpaired) electrons. The molecule has 0 saturated carbocycles. The van der Waals surface area contributed by atoms with Gasteiger partial charge in [0.1, 0.15) is 5.75 Å². The molecule has 0 saturated heterocycles. The van der Waals surface area contributed by atoms with E-state index in [4.69, 9.17) is 9.84 Å². The van der Waals surface area contributed by atoms with E-state index in [0.29, 0.717) is 18.5 Å². The molecule has 0 spiro atoms. The van der Waals surface area contributed by atoms with E-state index in [1.54, 1.807) is 13.2 Å². The fourth-order valence-corrected chi connectivity index (χ4v) is 2.01. The van der Waals surface area contributed by atoms with Gasteiger partial charge in [-0.3, -0.25) is 4.79 Å². The molecule has 0 atom stereocenters. The minimum Gasteiger partial charge on any atom is -0.497 e. The number of amides is 1. The van der Waals surface area contributed by atoms with Crippen LogP contribution in [0.3, 0.4) is 0 Å². The Morgan fingerprint density at radius 3 is 2.57 bits per heavy atom. The van der Waals surface area contributed by atoms with Gasteiger partial charge in [0.2, 0.25) is 0 Å². The first-order valence-corrected chi connectivity index (χ1v) is 6.88. The average molecular weight is 285 g/mol. The molecule has 0 aliphatic carbocycles. The Morgan fingerprint density at radius 1 is 1.14 bits per heavy atom. The summed E-state index contributed by atoms with van der Waals surface area (Å²) < 4.78 is 5.14. The van der Waals surface area contributed by atoms with Crippen LogP contribution < -0.4 is 10.1 Å². The van der Waals surface area contributed by atoms with E-state index >= 15 is 0 Å². The zero-order chi connectivity index (χ0) is 15.1. The molecule has 2 aromatic carbocycles. The molecule has 0 aliphatic rings. The van der Waals surface area contributed by atoms with Crippen LogP contribution in [0.1, 0.15) is 16.8 Å². The lowest BCUT2D eigenvalue weighted by Crippen LogP contribution is -2.24. The van der Waals surface area contributed by atoms with Crippen LogP contribution in [0.25, 0.3) is 11.1 Å². The molecule has 4 nitrogen and oxygen atoms in total. The summed E-state index contributed by atoms with van der Waals surface area (Å²) in [5, 5.41) is 11.5. The second-order valence-electron chi connectivity index (χ2n) is 4.64. The number of carbonyl (C=O) groups excluding carboxylic acids is 1. The highest BCUT2D eigenvalue weighted by molar-refractivity contribution is 5.95. The standard InChI is InChI=1S/C17H19NO3/c1-21-16-8-6-13(7-9-16)14-4-2-5-15(12-14)17(20)18-10-3-11-19/h2,4-9,12,19H,3,10-11H2,1H3,(H,18,20). The maximum atomic E-state index is 12.0. The second-order valence-corrected chi connectivity index (χ2v) is 4.64. The number of aliphatic hydroxyl groups is 1. The zero-order valence-electron chi connectivity index (χ0n) is 12.0. The van der Waals surface area contributed by atoms with Gasteiger partial charge in [0, 0.05) is 18.7 Å². The summed E-state index contributed by atoms with van der Waals surface area (Å²) in [5.74, 6) is 0.676. The van der Waals surface area contributed by atoms with E-state index in [9.17, 15) is 4.79 Å². The maximum absolute atomic E-state index is 12.0. The van der Waals surface area contributed by atoms with Crippen molar-refractivity contribution >= 4 is 5.91 Å². The van der Waals surface area contributed by atoms with Gasteiger partial charge in [-0.2, -0.15) is 0 Å². The first-order chi connectivity index (χ1) is 10.2. The van der Waals surface area contributed by atoms with Gasteiger partial charge in [0.05, 0.1) is 7.11 Å². The van der Waals surface area contributed by atoms with Gasteiger partial charge in [-0.05, 0) is 41.8 Å². The Balaban J connectivity index is 2.14. The van der Waals surface area contributed by atoms with Gasteiger partial charge >= 0.3 is 0 Å². The summed E-state index contributed by atoms with van der Waals surface area (Å²) >= 11 is 0. The van der Waals surface area contributed by atoms with E-state index in [-0.39, 0.29) is 12.5 Å². The minimum absolute atomic E-state index is 0.0756. The van der Waals surface area contributed by atoms with Gasteiger partial charge < -0.3 is 15.2 Å². The largest absolute Gasteiger partial charge is 0.497 e. The van der Waals surface area contributed by atoms with Crippen LogP contribution in [0.2, 0.25) is 0 Å². The van der Waals surface area contributed by atoms with Crippen LogP contribution in [-0.4, -0.2) is 31.3 Å². The molecule has 21 heavy (non-hydrogen) atoms. The van der Waals surface area contributed by atoms with Crippen molar-refractivity contribution in [2.75, 3.05) is 20.3 Å². The van der Waals surface area contributed by atoms with E-state index in [1.807, 2.05) is 42.5 Å². The van der Waals surface area contributed by atoms with Crippen molar-refractivity contribution in [1.29, 1.82) is 0 Å². The zero-order valence-corrected chi connectivity index (χ0v) is 12.0. The highest BCUT2D eigenvalue weighted by Gasteiger charge is 2.06. The number of hydrogen-bond donors (Lipinski definition) is 2. The van der Waals surface area contributed by atoms with Gasteiger partial charge in [-0.1, -0.05) is 24.3 Å². The van der Waals surface area contributed by atoms with E-state index in [1.165, 1.54) is 0 Å². The van der Waals surface area contributed by atoms with Crippen molar-refractivity contribution in [2.24, 2.45) is 0 Å². The Kier molecular flexibility index (Phi) is 5.35. The molecule has 0 bridgehead atoms. The summed E-state index contributed by atoms with van der Waals surface area (Å²) in [6, 6.07) is 15.2. The van der Waals surface area contributed by atoms with E-state index < -0.39 is 0 Å². The number of aliphatic hydroxyl groups excluding tert-OH is 1. The Labute approximate surface area is 124 Å². The quantitative estimate of drug-likeness (QED) is 0.802. The Morgan fingerprint density at radius 2 is 1.90 bits per heavy atom. The number of nitrogens with one attached hydrogen (secondary N) is 1. The van der Waals surface area contributed by atoms with Crippen LogP contribution in [0, 0.1) is 0 Å². The highest BCUT2D eigenvalue weighted by Crippen LogP contribution is 2.23. The lowest BCUT2D eigenvalue weighted by Gasteiger charge is -2.07. The molecule has 0 aliphatic heterocycles. The van der Waals surface area contributed by atoms with Gasteiger partial charge in [0.15, 0.2) is 0 Å². The third-order valence-corrected chi connectivity index (χ3v) is 3.17. The molecular weight excluding hydrogens is 266 g/mol. The molecule has 2 aromatic rings. The smallest absolute Gasteiger partial charge is 0.251 e. The van der Waals surface area contributed by atoms with Crippen LogP contribution in [0.15, 0.2) is 48.5 Å². The summed E-state index contributed by atoms with van der Waals surface area (Å²) in [6.07, 6.45) is 0.559. The molecule has 0 heterocycles. The third kappa shape index (κ3) is 4.07. The van der Waals surface area contributed by atoms with Gasteiger partial charge in [-0.15, -0.1) is 0 Å². The number of carbonyl (C=O) groups is 1. The third-order valence-electron chi connectivity index (χ3n) is 3.17. The number of benzene rings is 2. The average Bonchev–Trinajstić information content (AvgIpc) is 2.55. The van der Waals surface area contributed by atoms with Crippen LogP contribution in [0.5, 0.6) is 5.75 Å². The SMILES string of the molecule is COc1ccc(-c2cccc(C(=O)NCCCO)c2)cc1. The normalized spacial score (nSPS) is 10.2. The summed E-state index contributed by atoms with van der Waals surface area (Å²) in [4.78, 5) is 12.0. The second kappa shape index (κ2) is 7.45. The maximum Gasteiger partial charge on any atom is 0.251 e. The topological polar surface area (TPSA) is 58.6 Å². The molecule has 2 N–H and O–H groups in total. The fraction of sp³-hybridized carbons (Fsp3) is 0.235. The van der Waals surface area contributed by atoms with Crippen molar-refractivity contribution in [3.05, 3.63) is 54.1 Å². The lowest BCUT2D eigenvalue weighted by atomic mass is 10.0. The predicted molar refractivity (Wildman–Crippen MR) is 82.5 cm³/mol. The molecule has 2 rings (SSSR count). The predicted octanol–water partition coefficient (Wildman–Crippen LogP) is 2.47. The highest BCUT2D eigenvalue weighted by atomic mass is 16.5. The summed E-state index contributed by atoms with van der Waals surface area (Å²) in [7, 11) is 1.63. The van der Waals surface area contributed by atoms with E-state index in [0.717, 1.165) is 16.9 Å².